The first-order valence-corrected chi connectivity index (χ1v) is 7.09. The number of ether oxygens (including phenoxy) is 1. The Labute approximate surface area is 119 Å². The Morgan fingerprint density at radius 1 is 1.40 bits per heavy atom. The van der Waals surface area contributed by atoms with Gasteiger partial charge >= 0.3 is 0 Å². The second kappa shape index (κ2) is 7.14. The Bertz CT molecular complexity index is 456. The lowest BCUT2D eigenvalue weighted by atomic mass is 10.0. The maximum Gasteiger partial charge on any atom is 0.224 e. The fourth-order valence-electron chi connectivity index (χ4n) is 2.36. The zero-order valence-corrected chi connectivity index (χ0v) is 11.9. The van der Waals surface area contributed by atoms with Crippen LogP contribution in [0.2, 0.25) is 0 Å². The molecule has 1 heterocycles. The van der Waals surface area contributed by atoms with Crippen LogP contribution in [0.15, 0.2) is 18.2 Å². The maximum absolute atomic E-state index is 11.3. The van der Waals surface area contributed by atoms with Crippen molar-refractivity contribution >= 4 is 17.3 Å². The summed E-state index contributed by atoms with van der Waals surface area (Å²) < 4.78 is 5.35. The second-order valence-electron chi connectivity index (χ2n) is 5.21. The molecule has 0 bridgehead atoms. The number of carbonyl (C=O) groups excluding carboxylic acids is 1. The monoisotopic (exact) mass is 277 g/mol. The molecule has 1 aliphatic rings. The Morgan fingerprint density at radius 2 is 2.15 bits per heavy atom. The lowest BCUT2D eigenvalue weighted by Gasteiger charge is -2.23. The van der Waals surface area contributed by atoms with E-state index in [1.165, 1.54) is 0 Å². The number of carbonyl (C=O) groups is 1. The van der Waals surface area contributed by atoms with Crippen LogP contribution in [0.3, 0.4) is 0 Å². The first-order valence-electron chi connectivity index (χ1n) is 7.09. The zero-order valence-electron chi connectivity index (χ0n) is 11.9. The largest absolute Gasteiger partial charge is 0.397 e. The lowest BCUT2D eigenvalue weighted by molar-refractivity contribution is -0.119. The molecule has 1 saturated heterocycles. The van der Waals surface area contributed by atoms with Crippen molar-refractivity contribution in [1.29, 1.82) is 0 Å². The van der Waals surface area contributed by atoms with E-state index >= 15 is 0 Å². The molecule has 0 spiro atoms. The molecule has 0 aromatic heterocycles. The molecule has 1 aliphatic heterocycles. The summed E-state index contributed by atoms with van der Waals surface area (Å²) in [6, 6.07) is 5.76. The molecule has 20 heavy (non-hydrogen) atoms. The Balaban J connectivity index is 1.90. The highest BCUT2D eigenvalue weighted by Gasteiger charge is 2.13. The van der Waals surface area contributed by atoms with Crippen LogP contribution in [0.4, 0.5) is 11.4 Å². The molecule has 0 aliphatic carbocycles. The molecule has 0 saturated carbocycles. The van der Waals surface area contributed by atoms with Crippen molar-refractivity contribution in [3.8, 4) is 0 Å². The molecule has 1 aromatic carbocycles. The van der Waals surface area contributed by atoms with E-state index in [0.717, 1.165) is 43.9 Å². The average Bonchev–Trinajstić information content (AvgIpc) is 2.47. The predicted octanol–water partition coefficient (Wildman–Crippen LogP) is 1.40. The van der Waals surface area contributed by atoms with Gasteiger partial charge in [-0.05, 0) is 36.5 Å². The van der Waals surface area contributed by atoms with Crippen LogP contribution in [0.1, 0.15) is 18.4 Å². The van der Waals surface area contributed by atoms with Gasteiger partial charge in [-0.25, -0.2) is 0 Å². The van der Waals surface area contributed by atoms with Gasteiger partial charge in [0.1, 0.15) is 0 Å². The summed E-state index contributed by atoms with van der Waals surface area (Å²) in [5.41, 5.74) is 8.60. The van der Waals surface area contributed by atoms with E-state index in [9.17, 15) is 4.79 Å². The van der Waals surface area contributed by atoms with Crippen molar-refractivity contribution in [3.05, 3.63) is 23.8 Å². The van der Waals surface area contributed by atoms with Crippen LogP contribution in [-0.4, -0.2) is 32.7 Å². The van der Waals surface area contributed by atoms with Crippen molar-refractivity contribution in [2.24, 2.45) is 5.92 Å². The molecule has 1 aromatic rings. The van der Waals surface area contributed by atoms with Gasteiger partial charge in [0.05, 0.1) is 17.8 Å². The van der Waals surface area contributed by atoms with Crippen LogP contribution in [0.25, 0.3) is 0 Å². The molecule has 0 radical (unpaired) electrons. The highest BCUT2D eigenvalue weighted by atomic mass is 16.5. The first kappa shape index (κ1) is 14.7. The van der Waals surface area contributed by atoms with E-state index in [-0.39, 0.29) is 5.91 Å². The van der Waals surface area contributed by atoms with Crippen molar-refractivity contribution in [1.82, 2.24) is 5.32 Å². The predicted molar refractivity (Wildman–Crippen MR) is 80.7 cm³/mol. The van der Waals surface area contributed by atoms with E-state index in [2.05, 4.69) is 10.6 Å². The van der Waals surface area contributed by atoms with Crippen molar-refractivity contribution in [2.75, 3.05) is 37.9 Å². The number of rotatable bonds is 5. The number of nitrogens with two attached hydrogens (primary N) is 1. The number of anilines is 2. The van der Waals surface area contributed by atoms with E-state index in [0.29, 0.717) is 18.0 Å². The minimum atomic E-state index is -0.00712. The normalized spacial score (nSPS) is 15.8. The second-order valence-corrected chi connectivity index (χ2v) is 5.21. The third-order valence-corrected chi connectivity index (χ3v) is 3.68. The summed E-state index contributed by atoms with van der Waals surface area (Å²) in [7, 11) is 1.63. The number of hydrogen-bond acceptors (Lipinski definition) is 4. The molecule has 1 amide bonds. The van der Waals surface area contributed by atoms with Crippen LogP contribution in [-0.2, 0) is 16.0 Å². The quantitative estimate of drug-likeness (QED) is 0.711. The number of amides is 1. The third kappa shape index (κ3) is 4.13. The summed E-state index contributed by atoms with van der Waals surface area (Å²) in [6.45, 7) is 2.63. The highest BCUT2D eigenvalue weighted by Crippen LogP contribution is 2.22. The van der Waals surface area contributed by atoms with Gasteiger partial charge < -0.3 is 21.1 Å². The molecule has 0 unspecified atom stereocenters. The number of nitrogen functional groups attached to an aromatic ring is 1. The summed E-state index contributed by atoms with van der Waals surface area (Å²) in [5, 5.41) is 6.00. The Hall–Kier alpha value is -1.75. The Morgan fingerprint density at radius 3 is 2.80 bits per heavy atom. The minimum Gasteiger partial charge on any atom is -0.397 e. The van der Waals surface area contributed by atoms with Crippen molar-refractivity contribution < 1.29 is 9.53 Å². The molecule has 5 heteroatoms. The fourth-order valence-corrected chi connectivity index (χ4v) is 2.36. The standard InChI is InChI=1S/C15H23N3O2/c1-17-15(19)9-12-2-3-14(13(16)8-12)18-10-11-4-6-20-7-5-11/h2-3,8,11,18H,4-7,9-10,16H2,1H3,(H,17,19). The molecule has 110 valence electrons. The lowest BCUT2D eigenvalue weighted by Crippen LogP contribution is -2.23. The SMILES string of the molecule is CNC(=O)Cc1ccc(NCC2CCOCC2)c(N)c1. The van der Waals surface area contributed by atoms with Gasteiger partial charge in [-0.1, -0.05) is 6.07 Å². The average molecular weight is 277 g/mol. The number of benzene rings is 1. The highest BCUT2D eigenvalue weighted by molar-refractivity contribution is 5.79. The molecular weight excluding hydrogens is 254 g/mol. The van der Waals surface area contributed by atoms with E-state index in [4.69, 9.17) is 10.5 Å². The van der Waals surface area contributed by atoms with Crippen LogP contribution in [0, 0.1) is 5.92 Å². The van der Waals surface area contributed by atoms with Crippen LogP contribution in [0.5, 0.6) is 0 Å². The molecule has 4 N–H and O–H groups in total. The number of hydrogen-bond donors (Lipinski definition) is 3. The van der Waals surface area contributed by atoms with Crippen molar-refractivity contribution in [3.63, 3.8) is 0 Å². The zero-order chi connectivity index (χ0) is 14.4. The molecule has 1 fully saturated rings. The number of nitrogens with one attached hydrogen (secondary N) is 2. The molecule has 2 rings (SSSR count). The van der Waals surface area contributed by atoms with Gasteiger partial charge in [0, 0.05) is 26.8 Å². The molecule has 5 nitrogen and oxygen atoms in total. The minimum absolute atomic E-state index is 0.00712. The van der Waals surface area contributed by atoms with E-state index in [1.807, 2.05) is 18.2 Å². The van der Waals surface area contributed by atoms with E-state index in [1.54, 1.807) is 7.05 Å². The van der Waals surface area contributed by atoms with Gasteiger partial charge in [-0.2, -0.15) is 0 Å². The fraction of sp³-hybridized carbons (Fsp3) is 0.533. The van der Waals surface area contributed by atoms with Gasteiger partial charge in [-0.3, -0.25) is 4.79 Å². The van der Waals surface area contributed by atoms with Gasteiger partial charge in [0.15, 0.2) is 0 Å². The molecular formula is C15H23N3O2. The van der Waals surface area contributed by atoms with Crippen molar-refractivity contribution in [2.45, 2.75) is 19.3 Å². The van der Waals surface area contributed by atoms with Gasteiger partial charge in [0.25, 0.3) is 0 Å². The topological polar surface area (TPSA) is 76.4 Å². The first-order chi connectivity index (χ1) is 9.69. The Kier molecular flexibility index (Phi) is 5.24. The van der Waals surface area contributed by atoms with Crippen LogP contribution < -0.4 is 16.4 Å². The summed E-state index contributed by atoms with van der Waals surface area (Å²) >= 11 is 0. The maximum atomic E-state index is 11.3. The van der Waals surface area contributed by atoms with Crippen LogP contribution >= 0.6 is 0 Å². The van der Waals surface area contributed by atoms with Gasteiger partial charge in [0.2, 0.25) is 5.91 Å². The summed E-state index contributed by atoms with van der Waals surface area (Å²) in [4.78, 5) is 11.3. The van der Waals surface area contributed by atoms with E-state index < -0.39 is 0 Å². The smallest absolute Gasteiger partial charge is 0.224 e. The summed E-state index contributed by atoms with van der Waals surface area (Å²) in [6.07, 6.45) is 2.56. The summed E-state index contributed by atoms with van der Waals surface area (Å²) in [5.74, 6) is 0.640. The number of likely N-dealkylation sites (N-methyl/N-ethyl adjacent to an activating group) is 1. The third-order valence-electron chi connectivity index (χ3n) is 3.68. The van der Waals surface area contributed by atoms with Gasteiger partial charge in [-0.15, -0.1) is 0 Å². The molecule has 0 atom stereocenters.